The van der Waals surface area contributed by atoms with E-state index in [1.54, 1.807) is 0 Å². The average Bonchev–Trinajstić information content (AvgIpc) is 3.00. The highest BCUT2D eigenvalue weighted by Gasteiger charge is 2.05. The van der Waals surface area contributed by atoms with Crippen molar-refractivity contribution < 1.29 is 9.15 Å². The highest BCUT2D eigenvalue weighted by atomic mass is 16.5. The number of fused-ring (bicyclic) bond motifs is 1. The predicted octanol–water partition coefficient (Wildman–Crippen LogP) is 5.16. The zero-order chi connectivity index (χ0) is 16.4. The second-order valence-electron chi connectivity index (χ2n) is 3.98. The smallest absolute Gasteiger partial charge is 0.233 e. The molecule has 0 aliphatic heterocycles. The Morgan fingerprint density at radius 1 is 0.909 bits per heavy atom. The van der Waals surface area contributed by atoms with Gasteiger partial charge in [-0.15, -0.1) is 0 Å². The lowest BCUT2D eigenvalue weighted by molar-refractivity contribution is 0.257. The Morgan fingerprint density at radius 2 is 1.64 bits per heavy atom. The number of rotatable bonds is 3. The lowest BCUT2D eigenvalue weighted by Crippen LogP contribution is -1.97. The van der Waals surface area contributed by atoms with Gasteiger partial charge in [0.1, 0.15) is 5.52 Å². The molecule has 0 radical (unpaired) electrons. The van der Waals surface area contributed by atoms with Crippen LogP contribution in [0.3, 0.4) is 0 Å². The molecule has 0 spiro atoms. The van der Waals surface area contributed by atoms with Gasteiger partial charge >= 0.3 is 0 Å². The summed E-state index contributed by atoms with van der Waals surface area (Å²) in [5, 5.41) is 0. The van der Waals surface area contributed by atoms with Gasteiger partial charge in [0.15, 0.2) is 12.2 Å². The molecule has 3 aromatic rings. The molecule has 0 N–H and O–H groups in total. The molecule has 0 unspecified atom stereocenters. The van der Waals surface area contributed by atoms with Crippen molar-refractivity contribution in [2.45, 2.75) is 41.2 Å². The molecule has 4 heteroatoms. The van der Waals surface area contributed by atoms with Crippen molar-refractivity contribution in [2.75, 3.05) is 0 Å². The van der Waals surface area contributed by atoms with Crippen LogP contribution >= 0.6 is 0 Å². The SMILES string of the molecule is CC.CC.Cc1cccc(OCc2nc3ccccc3o2)n1. The quantitative estimate of drug-likeness (QED) is 0.670. The molecule has 0 bridgehead atoms. The Hall–Kier alpha value is -2.36. The Balaban J connectivity index is 0.000000561. The zero-order valence-electron chi connectivity index (χ0n) is 14.0. The summed E-state index contributed by atoms with van der Waals surface area (Å²) in [6, 6.07) is 13.3. The first-order chi connectivity index (χ1) is 10.8. The maximum atomic E-state index is 5.56. The number of ether oxygens (including phenoxy) is 1. The van der Waals surface area contributed by atoms with Gasteiger partial charge in [0.25, 0.3) is 0 Å². The molecule has 2 heterocycles. The summed E-state index contributed by atoms with van der Waals surface area (Å²) in [7, 11) is 0. The van der Waals surface area contributed by atoms with Crippen LogP contribution in [-0.2, 0) is 6.61 Å². The van der Waals surface area contributed by atoms with Crippen molar-refractivity contribution in [2.24, 2.45) is 0 Å². The van der Waals surface area contributed by atoms with Crippen LogP contribution in [0.1, 0.15) is 39.3 Å². The third kappa shape index (κ3) is 4.88. The molecular weight excluding hydrogens is 276 g/mol. The van der Waals surface area contributed by atoms with Crippen LogP contribution in [0.2, 0.25) is 0 Å². The first-order valence-corrected chi connectivity index (χ1v) is 7.72. The Bertz CT molecular complexity index is 644. The van der Waals surface area contributed by atoms with E-state index in [4.69, 9.17) is 9.15 Å². The number of benzene rings is 1. The molecule has 3 rings (SSSR count). The van der Waals surface area contributed by atoms with E-state index in [9.17, 15) is 0 Å². The molecule has 118 valence electrons. The maximum absolute atomic E-state index is 5.56. The van der Waals surface area contributed by atoms with Crippen LogP contribution in [0.15, 0.2) is 46.9 Å². The number of hydrogen-bond acceptors (Lipinski definition) is 4. The molecule has 4 nitrogen and oxygen atoms in total. The van der Waals surface area contributed by atoms with E-state index in [1.165, 1.54) is 0 Å². The fraction of sp³-hybridized carbons (Fsp3) is 0.333. The summed E-state index contributed by atoms with van der Waals surface area (Å²) in [6.07, 6.45) is 0. The normalized spacial score (nSPS) is 9.32. The number of hydrogen-bond donors (Lipinski definition) is 0. The first kappa shape index (κ1) is 17.7. The number of oxazole rings is 1. The van der Waals surface area contributed by atoms with Crippen molar-refractivity contribution in [1.82, 2.24) is 9.97 Å². The summed E-state index contributed by atoms with van der Waals surface area (Å²) >= 11 is 0. The summed E-state index contributed by atoms with van der Waals surface area (Å²) in [5.74, 6) is 1.14. The van der Waals surface area contributed by atoms with Crippen molar-refractivity contribution in [1.29, 1.82) is 0 Å². The molecule has 0 atom stereocenters. The Labute approximate surface area is 132 Å². The van der Waals surface area contributed by atoms with Crippen LogP contribution < -0.4 is 4.74 Å². The van der Waals surface area contributed by atoms with Gasteiger partial charge < -0.3 is 9.15 Å². The van der Waals surface area contributed by atoms with E-state index in [-0.39, 0.29) is 6.61 Å². The molecule has 0 saturated carbocycles. The maximum Gasteiger partial charge on any atom is 0.233 e. The van der Waals surface area contributed by atoms with Crippen LogP contribution in [-0.4, -0.2) is 9.97 Å². The molecule has 2 aromatic heterocycles. The van der Waals surface area contributed by atoms with Crippen LogP contribution in [0.5, 0.6) is 5.88 Å². The van der Waals surface area contributed by atoms with Gasteiger partial charge in [0.05, 0.1) is 0 Å². The van der Waals surface area contributed by atoms with E-state index in [2.05, 4.69) is 9.97 Å². The van der Waals surface area contributed by atoms with Crippen molar-refractivity contribution >= 4 is 11.1 Å². The van der Waals surface area contributed by atoms with Gasteiger partial charge in [-0.05, 0) is 25.1 Å². The molecule has 1 aromatic carbocycles. The molecule has 0 aliphatic rings. The minimum Gasteiger partial charge on any atom is -0.468 e. The number of aromatic nitrogens is 2. The Morgan fingerprint density at radius 3 is 2.32 bits per heavy atom. The number of aryl methyl sites for hydroxylation is 1. The van der Waals surface area contributed by atoms with Crippen molar-refractivity contribution in [3.05, 3.63) is 54.0 Å². The van der Waals surface area contributed by atoms with E-state index in [1.807, 2.05) is 77.1 Å². The van der Waals surface area contributed by atoms with Crippen molar-refractivity contribution in [3.63, 3.8) is 0 Å². The third-order valence-electron chi connectivity index (χ3n) is 2.54. The second-order valence-corrected chi connectivity index (χ2v) is 3.98. The Kier molecular flexibility index (Phi) is 7.68. The van der Waals surface area contributed by atoms with Gasteiger partial charge in [-0.2, -0.15) is 0 Å². The molecule has 0 fully saturated rings. The third-order valence-corrected chi connectivity index (χ3v) is 2.54. The van der Waals surface area contributed by atoms with Gasteiger partial charge in [-0.1, -0.05) is 45.9 Å². The minimum atomic E-state index is 0.283. The van der Waals surface area contributed by atoms with Gasteiger partial charge in [-0.3, -0.25) is 0 Å². The van der Waals surface area contributed by atoms with Crippen LogP contribution in [0.25, 0.3) is 11.1 Å². The van der Waals surface area contributed by atoms with Gasteiger partial charge in [0.2, 0.25) is 11.8 Å². The molecule has 0 amide bonds. The van der Waals surface area contributed by atoms with E-state index in [0.29, 0.717) is 11.8 Å². The number of pyridine rings is 1. The molecule has 22 heavy (non-hydrogen) atoms. The highest BCUT2D eigenvalue weighted by Crippen LogP contribution is 2.16. The number of para-hydroxylation sites is 2. The van der Waals surface area contributed by atoms with Crippen molar-refractivity contribution in [3.8, 4) is 5.88 Å². The predicted molar refractivity (Wildman–Crippen MR) is 90.0 cm³/mol. The summed E-state index contributed by atoms with van der Waals surface area (Å²) in [5.41, 5.74) is 2.53. The minimum absolute atomic E-state index is 0.283. The largest absolute Gasteiger partial charge is 0.468 e. The number of nitrogens with zero attached hydrogens (tertiary/aromatic N) is 2. The van der Waals surface area contributed by atoms with Gasteiger partial charge in [-0.25, -0.2) is 9.97 Å². The first-order valence-electron chi connectivity index (χ1n) is 7.72. The topological polar surface area (TPSA) is 48.2 Å². The monoisotopic (exact) mass is 300 g/mol. The van der Waals surface area contributed by atoms with Crippen LogP contribution in [0.4, 0.5) is 0 Å². The van der Waals surface area contributed by atoms with E-state index < -0.39 is 0 Å². The van der Waals surface area contributed by atoms with E-state index in [0.717, 1.165) is 16.8 Å². The fourth-order valence-corrected chi connectivity index (χ4v) is 1.72. The zero-order valence-corrected chi connectivity index (χ0v) is 14.0. The summed E-state index contributed by atoms with van der Waals surface area (Å²) in [4.78, 5) is 8.58. The molecule has 0 saturated heterocycles. The highest BCUT2D eigenvalue weighted by molar-refractivity contribution is 5.72. The molecular formula is C18H24N2O2. The standard InChI is InChI=1S/C14H12N2O2.2C2H6/c1-10-5-4-8-13(15-10)17-9-14-16-11-6-2-3-7-12(11)18-14;2*1-2/h2-8H,9H2,1H3;2*1-2H3. The van der Waals surface area contributed by atoms with Gasteiger partial charge in [0, 0.05) is 11.8 Å². The summed E-state index contributed by atoms with van der Waals surface area (Å²) < 4.78 is 11.1. The van der Waals surface area contributed by atoms with E-state index >= 15 is 0 Å². The average molecular weight is 300 g/mol. The summed E-state index contributed by atoms with van der Waals surface area (Å²) in [6.45, 7) is 10.2. The lowest BCUT2D eigenvalue weighted by Gasteiger charge is -2.02. The molecule has 0 aliphatic carbocycles. The van der Waals surface area contributed by atoms with Crippen LogP contribution in [0, 0.1) is 6.92 Å². The second kappa shape index (κ2) is 9.55. The fourth-order valence-electron chi connectivity index (χ4n) is 1.72. The lowest BCUT2D eigenvalue weighted by atomic mass is 10.3.